The van der Waals surface area contributed by atoms with E-state index in [9.17, 15) is 13.2 Å². The minimum atomic E-state index is -3.71. The van der Waals surface area contributed by atoms with Crippen LogP contribution in [0, 0.1) is 0 Å². The van der Waals surface area contributed by atoms with Crippen LogP contribution in [0.5, 0.6) is 5.75 Å². The van der Waals surface area contributed by atoms with E-state index in [1.807, 2.05) is 0 Å². The van der Waals surface area contributed by atoms with E-state index in [-0.39, 0.29) is 24.0 Å². The van der Waals surface area contributed by atoms with Gasteiger partial charge in [-0.2, -0.15) is 0 Å². The minimum absolute atomic E-state index is 0.0291. The number of hydrogen-bond acceptors (Lipinski definition) is 5. The third-order valence-electron chi connectivity index (χ3n) is 2.89. The summed E-state index contributed by atoms with van der Waals surface area (Å²) in [6.45, 7) is 1.83. The number of carbonyl (C=O) groups excluding carboxylic acids is 1. The van der Waals surface area contributed by atoms with Gasteiger partial charge in [-0.3, -0.25) is 4.79 Å². The van der Waals surface area contributed by atoms with Crippen LogP contribution < -0.4 is 14.4 Å². The van der Waals surface area contributed by atoms with Crippen molar-refractivity contribution in [2.75, 3.05) is 31.2 Å². The number of anilines is 1. The maximum Gasteiger partial charge on any atom is 0.240 e. The zero-order chi connectivity index (χ0) is 14.8. The molecule has 1 aromatic carbocycles. The van der Waals surface area contributed by atoms with Crippen molar-refractivity contribution >= 4 is 21.6 Å². The second-order valence-electron chi connectivity index (χ2n) is 4.27. The van der Waals surface area contributed by atoms with Crippen LogP contribution in [0.4, 0.5) is 5.69 Å². The number of ether oxygens (including phenoxy) is 1. The molecule has 1 amide bonds. The third kappa shape index (κ3) is 2.92. The van der Waals surface area contributed by atoms with Crippen LogP contribution in [0.2, 0.25) is 0 Å². The van der Waals surface area contributed by atoms with E-state index in [1.54, 1.807) is 0 Å². The summed E-state index contributed by atoms with van der Waals surface area (Å²) in [7, 11) is -3.71. The highest BCUT2D eigenvalue weighted by atomic mass is 32.2. The van der Waals surface area contributed by atoms with Gasteiger partial charge in [-0.1, -0.05) is 0 Å². The predicted octanol–water partition coefficient (Wildman–Crippen LogP) is -0.297. The Bertz CT molecular complexity index is 614. The number of carbonyl (C=O) groups is 1. The van der Waals surface area contributed by atoms with Crippen molar-refractivity contribution in [1.29, 1.82) is 0 Å². The largest absolute Gasteiger partial charge is 0.490 e. The van der Waals surface area contributed by atoms with E-state index in [1.165, 1.54) is 30.0 Å². The first-order chi connectivity index (χ1) is 9.45. The molecule has 1 aliphatic heterocycles. The molecule has 0 saturated heterocycles. The molecule has 0 unspecified atom stereocenters. The minimum Gasteiger partial charge on any atom is -0.490 e. The third-order valence-corrected chi connectivity index (χ3v) is 4.35. The van der Waals surface area contributed by atoms with Crippen LogP contribution in [0.3, 0.4) is 0 Å². The first-order valence-electron chi connectivity index (χ1n) is 6.11. The quantitative estimate of drug-likeness (QED) is 0.796. The molecular weight excluding hydrogens is 284 g/mol. The van der Waals surface area contributed by atoms with Crippen LogP contribution in [0.1, 0.15) is 6.92 Å². The summed E-state index contributed by atoms with van der Waals surface area (Å²) in [5.74, 6) is 0.306. The zero-order valence-corrected chi connectivity index (χ0v) is 11.8. The predicted molar refractivity (Wildman–Crippen MR) is 72.2 cm³/mol. The van der Waals surface area contributed by atoms with Crippen molar-refractivity contribution in [2.24, 2.45) is 0 Å². The summed E-state index contributed by atoms with van der Waals surface area (Å²) < 4.78 is 31.6. The fourth-order valence-corrected chi connectivity index (χ4v) is 3.00. The molecule has 1 aromatic rings. The van der Waals surface area contributed by atoms with Crippen molar-refractivity contribution in [2.45, 2.75) is 11.8 Å². The molecule has 0 radical (unpaired) electrons. The highest BCUT2D eigenvalue weighted by Gasteiger charge is 2.24. The molecule has 2 rings (SSSR count). The number of benzene rings is 1. The van der Waals surface area contributed by atoms with E-state index in [0.717, 1.165) is 0 Å². The standard InChI is InChI=1S/C12H16N2O5S/c1-9(16)14-5-7-19-12-3-2-10(8-11(12)14)20(17,18)13-4-6-15/h2-3,8,13,15H,4-7H2,1H3. The molecule has 0 saturated carbocycles. The molecule has 0 aromatic heterocycles. The molecule has 8 heteroatoms. The zero-order valence-electron chi connectivity index (χ0n) is 11.0. The van der Waals surface area contributed by atoms with Crippen LogP contribution in [0.25, 0.3) is 0 Å². The number of aliphatic hydroxyl groups is 1. The number of sulfonamides is 1. The van der Waals surface area contributed by atoms with Crippen molar-refractivity contribution in [3.05, 3.63) is 18.2 Å². The summed E-state index contributed by atoms with van der Waals surface area (Å²) in [4.78, 5) is 13.1. The number of nitrogens with one attached hydrogen (secondary N) is 1. The Hall–Kier alpha value is -1.64. The highest BCUT2D eigenvalue weighted by molar-refractivity contribution is 7.89. The van der Waals surface area contributed by atoms with E-state index in [4.69, 9.17) is 9.84 Å². The normalized spacial score (nSPS) is 14.6. The maximum atomic E-state index is 12.0. The number of rotatable bonds is 4. The van der Waals surface area contributed by atoms with Gasteiger partial charge in [0.15, 0.2) is 0 Å². The molecule has 110 valence electrons. The van der Waals surface area contributed by atoms with Gasteiger partial charge in [0.2, 0.25) is 15.9 Å². The maximum absolute atomic E-state index is 12.0. The van der Waals surface area contributed by atoms with Gasteiger partial charge in [0, 0.05) is 13.5 Å². The monoisotopic (exact) mass is 300 g/mol. The number of hydrogen-bond donors (Lipinski definition) is 2. The molecule has 7 nitrogen and oxygen atoms in total. The number of nitrogens with zero attached hydrogens (tertiary/aromatic N) is 1. The summed E-state index contributed by atoms with van der Waals surface area (Å²) in [5.41, 5.74) is 0.440. The lowest BCUT2D eigenvalue weighted by Crippen LogP contribution is -2.36. The Kier molecular flexibility index (Phi) is 4.26. The van der Waals surface area contributed by atoms with Gasteiger partial charge < -0.3 is 14.7 Å². The first kappa shape index (κ1) is 14.8. The second kappa shape index (κ2) is 5.78. The lowest BCUT2D eigenvalue weighted by molar-refractivity contribution is -0.116. The SMILES string of the molecule is CC(=O)N1CCOc2ccc(S(=O)(=O)NCCO)cc21. The number of amides is 1. The topological polar surface area (TPSA) is 95.9 Å². The van der Waals surface area contributed by atoms with Gasteiger partial charge in [0.1, 0.15) is 12.4 Å². The molecule has 0 spiro atoms. The van der Waals surface area contributed by atoms with E-state index < -0.39 is 10.0 Å². The summed E-state index contributed by atoms with van der Waals surface area (Å²) in [6, 6.07) is 4.33. The molecule has 0 bridgehead atoms. The fourth-order valence-electron chi connectivity index (χ4n) is 1.96. The van der Waals surface area contributed by atoms with Crippen LogP contribution >= 0.6 is 0 Å². The van der Waals surface area contributed by atoms with Gasteiger partial charge in [-0.15, -0.1) is 0 Å². The average Bonchev–Trinajstić information content (AvgIpc) is 2.43. The molecule has 2 N–H and O–H groups in total. The first-order valence-corrected chi connectivity index (χ1v) is 7.59. The Labute approximate surface area is 117 Å². The Morgan fingerprint density at radius 3 is 2.90 bits per heavy atom. The van der Waals surface area contributed by atoms with Crippen molar-refractivity contribution < 1.29 is 23.1 Å². The average molecular weight is 300 g/mol. The molecular formula is C12H16N2O5S. The molecule has 0 aliphatic carbocycles. The number of fused-ring (bicyclic) bond motifs is 1. The van der Waals surface area contributed by atoms with Gasteiger partial charge >= 0.3 is 0 Å². The molecule has 20 heavy (non-hydrogen) atoms. The fraction of sp³-hybridized carbons (Fsp3) is 0.417. The summed E-state index contributed by atoms with van der Waals surface area (Å²) >= 11 is 0. The lowest BCUT2D eigenvalue weighted by atomic mass is 10.2. The molecule has 0 atom stereocenters. The van der Waals surface area contributed by atoms with Gasteiger partial charge in [-0.05, 0) is 18.2 Å². The van der Waals surface area contributed by atoms with Crippen LogP contribution in [-0.2, 0) is 14.8 Å². The Morgan fingerprint density at radius 1 is 1.50 bits per heavy atom. The summed E-state index contributed by atoms with van der Waals surface area (Å²) in [5, 5.41) is 8.68. The van der Waals surface area contributed by atoms with Gasteiger partial charge in [0.05, 0.1) is 23.7 Å². The van der Waals surface area contributed by atoms with Crippen LogP contribution in [0.15, 0.2) is 23.1 Å². The van der Waals surface area contributed by atoms with E-state index >= 15 is 0 Å². The van der Waals surface area contributed by atoms with E-state index in [2.05, 4.69) is 4.72 Å². The van der Waals surface area contributed by atoms with Crippen molar-refractivity contribution in [3.63, 3.8) is 0 Å². The highest BCUT2D eigenvalue weighted by Crippen LogP contribution is 2.33. The van der Waals surface area contributed by atoms with Gasteiger partial charge in [0.25, 0.3) is 0 Å². The Morgan fingerprint density at radius 2 is 2.25 bits per heavy atom. The van der Waals surface area contributed by atoms with Crippen molar-refractivity contribution in [3.8, 4) is 5.75 Å². The smallest absolute Gasteiger partial charge is 0.240 e. The van der Waals surface area contributed by atoms with Crippen LogP contribution in [-0.4, -0.2) is 45.7 Å². The lowest BCUT2D eigenvalue weighted by Gasteiger charge is -2.29. The number of aliphatic hydroxyl groups excluding tert-OH is 1. The van der Waals surface area contributed by atoms with E-state index in [0.29, 0.717) is 24.6 Å². The van der Waals surface area contributed by atoms with Crippen molar-refractivity contribution in [1.82, 2.24) is 4.72 Å². The molecule has 1 aliphatic rings. The Balaban J connectivity index is 2.39. The second-order valence-corrected chi connectivity index (χ2v) is 6.04. The molecule has 0 fully saturated rings. The summed E-state index contributed by atoms with van der Waals surface area (Å²) in [6.07, 6.45) is 0. The molecule has 1 heterocycles. The van der Waals surface area contributed by atoms with Gasteiger partial charge in [-0.25, -0.2) is 13.1 Å².